The minimum Gasteiger partial charge on any atom is -0.378 e. The predicted molar refractivity (Wildman–Crippen MR) is 78.8 cm³/mol. The van der Waals surface area contributed by atoms with Gasteiger partial charge in [-0.3, -0.25) is 0 Å². The molecule has 106 valence electrons. The summed E-state index contributed by atoms with van der Waals surface area (Å²) in [5.74, 6) is 0. The molecular formula is C15H24N2OS. The van der Waals surface area contributed by atoms with Crippen molar-refractivity contribution >= 4 is 11.3 Å². The van der Waals surface area contributed by atoms with Gasteiger partial charge in [-0.2, -0.15) is 0 Å². The van der Waals surface area contributed by atoms with Crippen LogP contribution >= 0.6 is 11.3 Å². The second kappa shape index (κ2) is 5.51. The summed E-state index contributed by atoms with van der Waals surface area (Å²) in [4.78, 5) is 6.50. The summed E-state index contributed by atoms with van der Waals surface area (Å²) < 4.78 is 5.74. The fraction of sp³-hybridized carbons (Fsp3) is 0.800. The molecule has 0 atom stereocenters. The maximum Gasteiger partial charge on any atom is 0.113 e. The van der Waals surface area contributed by atoms with Crippen molar-refractivity contribution in [1.82, 2.24) is 10.3 Å². The Labute approximate surface area is 119 Å². The SMILES string of the molecule is CCNC1(c2nc3c(s2)CCCC3)CC(OCC)C1. The quantitative estimate of drug-likeness (QED) is 0.900. The molecule has 1 saturated carbocycles. The summed E-state index contributed by atoms with van der Waals surface area (Å²) in [6.07, 6.45) is 7.66. The molecule has 1 fully saturated rings. The molecule has 0 aliphatic heterocycles. The fourth-order valence-electron chi connectivity index (χ4n) is 3.36. The van der Waals surface area contributed by atoms with E-state index >= 15 is 0 Å². The van der Waals surface area contributed by atoms with Gasteiger partial charge in [0.05, 0.1) is 17.3 Å². The molecule has 0 radical (unpaired) electrons. The normalized spacial score (nSPS) is 29.9. The molecule has 3 rings (SSSR count). The number of aryl methyl sites for hydroxylation is 2. The van der Waals surface area contributed by atoms with E-state index in [0.717, 1.165) is 26.0 Å². The van der Waals surface area contributed by atoms with Gasteiger partial charge in [0.2, 0.25) is 0 Å². The van der Waals surface area contributed by atoms with Crippen LogP contribution in [0.2, 0.25) is 0 Å². The lowest BCUT2D eigenvalue weighted by Gasteiger charge is -2.46. The van der Waals surface area contributed by atoms with Crippen molar-refractivity contribution in [3.8, 4) is 0 Å². The molecule has 1 aromatic heterocycles. The van der Waals surface area contributed by atoms with Crippen molar-refractivity contribution in [2.45, 2.75) is 64.0 Å². The van der Waals surface area contributed by atoms with Gasteiger partial charge >= 0.3 is 0 Å². The van der Waals surface area contributed by atoms with Crippen LogP contribution in [-0.4, -0.2) is 24.2 Å². The lowest BCUT2D eigenvalue weighted by Crippen LogP contribution is -2.55. The van der Waals surface area contributed by atoms with Crippen molar-refractivity contribution in [3.63, 3.8) is 0 Å². The number of nitrogens with zero attached hydrogens (tertiary/aromatic N) is 1. The molecule has 0 amide bonds. The van der Waals surface area contributed by atoms with E-state index in [1.807, 2.05) is 11.3 Å². The first-order valence-corrected chi connectivity index (χ1v) is 8.44. The Bertz CT molecular complexity index is 414. The van der Waals surface area contributed by atoms with Gasteiger partial charge in [0.25, 0.3) is 0 Å². The molecule has 2 aliphatic carbocycles. The summed E-state index contributed by atoms with van der Waals surface area (Å²) in [7, 11) is 0. The smallest absolute Gasteiger partial charge is 0.113 e. The number of rotatable bonds is 5. The van der Waals surface area contributed by atoms with Crippen LogP contribution in [0.1, 0.15) is 55.1 Å². The zero-order chi connectivity index (χ0) is 13.3. The highest BCUT2D eigenvalue weighted by Crippen LogP contribution is 2.45. The number of hydrogen-bond donors (Lipinski definition) is 1. The Morgan fingerprint density at radius 1 is 1.32 bits per heavy atom. The first-order valence-electron chi connectivity index (χ1n) is 7.63. The van der Waals surface area contributed by atoms with Gasteiger partial charge in [-0.1, -0.05) is 6.92 Å². The van der Waals surface area contributed by atoms with Crippen molar-refractivity contribution < 1.29 is 4.74 Å². The number of ether oxygens (including phenoxy) is 1. The molecule has 0 saturated heterocycles. The monoisotopic (exact) mass is 280 g/mol. The molecule has 19 heavy (non-hydrogen) atoms. The topological polar surface area (TPSA) is 34.2 Å². The van der Waals surface area contributed by atoms with Crippen molar-refractivity contribution in [3.05, 3.63) is 15.6 Å². The van der Waals surface area contributed by atoms with Gasteiger partial charge in [-0.25, -0.2) is 4.98 Å². The number of hydrogen-bond acceptors (Lipinski definition) is 4. The number of aromatic nitrogens is 1. The maximum absolute atomic E-state index is 5.74. The number of thiazole rings is 1. The molecule has 0 unspecified atom stereocenters. The number of nitrogens with one attached hydrogen (secondary N) is 1. The first kappa shape index (κ1) is 13.5. The van der Waals surface area contributed by atoms with E-state index in [0.29, 0.717) is 6.10 Å². The van der Waals surface area contributed by atoms with Gasteiger partial charge in [-0.15, -0.1) is 11.3 Å². The summed E-state index contributed by atoms with van der Waals surface area (Å²) in [5.41, 5.74) is 1.49. The van der Waals surface area contributed by atoms with E-state index in [1.165, 1.54) is 36.4 Å². The van der Waals surface area contributed by atoms with Crippen molar-refractivity contribution in [1.29, 1.82) is 0 Å². The van der Waals surface area contributed by atoms with Crippen LogP contribution in [0.25, 0.3) is 0 Å². The molecule has 1 N–H and O–H groups in total. The maximum atomic E-state index is 5.74. The van der Waals surface area contributed by atoms with E-state index in [9.17, 15) is 0 Å². The molecule has 0 aromatic carbocycles. The Morgan fingerprint density at radius 2 is 2.11 bits per heavy atom. The zero-order valence-corrected chi connectivity index (χ0v) is 12.8. The molecule has 1 heterocycles. The summed E-state index contributed by atoms with van der Waals surface area (Å²) in [6.45, 7) is 6.09. The summed E-state index contributed by atoms with van der Waals surface area (Å²) in [6, 6.07) is 0. The molecule has 3 nitrogen and oxygen atoms in total. The van der Waals surface area contributed by atoms with E-state index in [4.69, 9.17) is 9.72 Å². The van der Waals surface area contributed by atoms with Crippen LogP contribution in [0.5, 0.6) is 0 Å². The Hall–Kier alpha value is -0.450. The average Bonchev–Trinajstić information content (AvgIpc) is 2.80. The fourth-order valence-corrected chi connectivity index (χ4v) is 4.70. The zero-order valence-electron chi connectivity index (χ0n) is 12.0. The van der Waals surface area contributed by atoms with E-state index < -0.39 is 0 Å². The minimum absolute atomic E-state index is 0.108. The lowest BCUT2D eigenvalue weighted by atomic mass is 9.74. The third kappa shape index (κ3) is 2.46. The average molecular weight is 280 g/mol. The standard InChI is InChI=1S/C15H24N2OS/c1-3-16-15(9-11(10-15)18-4-2)14-17-12-7-5-6-8-13(12)19-14/h11,16H,3-10H2,1-2H3. The second-order valence-electron chi connectivity index (χ2n) is 5.69. The lowest BCUT2D eigenvalue weighted by molar-refractivity contribution is -0.0531. The van der Waals surface area contributed by atoms with Crippen LogP contribution in [0.4, 0.5) is 0 Å². The highest BCUT2D eigenvalue weighted by molar-refractivity contribution is 7.11. The van der Waals surface area contributed by atoms with E-state index in [1.54, 1.807) is 4.88 Å². The van der Waals surface area contributed by atoms with Gasteiger partial charge in [-0.05, 0) is 52.0 Å². The van der Waals surface area contributed by atoms with E-state index in [-0.39, 0.29) is 5.54 Å². The Balaban J connectivity index is 1.79. The van der Waals surface area contributed by atoms with Crippen molar-refractivity contribution in [2.24, 2.45) is 0 Å². The molecule has 0 spiro atoms. The van der Waals surface area contributed by atoms with Gasteiger partial charge < -0.3 is 10.1 Å². The first-order chi connectivity index (χ1) is 9.27. The predicted octanol–water partition coefficient (Wildman–Crippen LogP) is 3.03. The van der Waals surface area contributed by atoms with E-state index in [2.05, 4.69) is 19.2 Å². The van der Waals surface area contributed by atoms with Crippen LogP contribution in [0, 0.1) is 0 Å². The summed E-state index contributed by atoms with van der Waals surface area (Å²) >= 11 is 1.95. The highest BCUT2D eigenvalue weighted by atomic mass is 32.1. The van der Waals surface area contributed by atoms with Crippen LogP contribution in [0.15, 0.2) is 0 Å². The third-order valence-corrected chi connectivity index (χ3v) is 5.69. The number of fused-ring (bicyclic) bond motifs is 1. The summed E-state index contributed by atoms with van der Waals surface area (Å²) in [5, 5.41) is 4.99. The second-order valence-corrected chi connectivity index (χ2v) is 6.78. The minimum atomic E-state index is 0.108. The van der Waals surface area contributed by atoms with Crippen LogP contribution in [-0.2, 0) is 23.1 Å². The van der Waals surface area contributed by atoms with Crippen molar-refractivity contribution in [2.75, 3.05) is 13.2 Å². The Morgan fingerprint density at radius 3 is 2.79 bits per heavy atom. The third-order valence-electron chi connectivity index (χ3n) is 4.32. The molecule has 4 heteroatoms. The molecule has 1 aromatic rings. The largest absolute Gasteiger partial charge is 0.378 e. The van der Waals surface area contributed by atoms with Crippen LogP contribution in [0.3, 0.4) is 0 Å². The molecule has 0 bridgehead atoms. The highest BCUT2D eigenvalue weighted by Gasteiger charge is 2.48. The molecule has 2 aliphatic rings. The van der Waals surface area contributed by atoms with Gasteiger partial charge in [0.1, 0.15) is 5.01 Å². The van der Waals surface area contributed by atoms with Gasteiger partial charge in [0, 0.05) is 11.5 Å². The molecular weight excluding hydrogens is 256 g/mol. The Kier molecular flexibility index (Phi) is 3.92. The van der Waals surface area contributed by atoms with Crippen LogP contribution < -0.4 is 5.32 Å². The van der Waals surface area contributed by atoms with Gasteiger partial charge in [0.15, 0.2) is 0 Å².